The first-order valence-corrected chi connectivity index (χ1v) is 6.51. The molecule has 1 aliphatic carbocycles. The normalized spacial score (nSPS) is 18.3. The zero-order valence-corrected chi connectivity index (χ0v) is 9.89. The van der Waals surface area contributed by atoms with Gasteiger partial charge in [-0.25, -0.2) is 4.98 Å². The van der Waals surface area contributed by atoms with Crippen molar-refractivity contribution in [2.45, 2.75) is 24.8 Å². The number of rotatable bonds is 3. The maximum absolute atomic E-state index is 5.85. The summed E-state index contributed by atoms with van der Waals surface area (Å²) in [5.41, 5.74) is 5.95. The van der Waals surface area contributed by atoms with Crippen LogP contribution < -0.4 is 11.1 Å². The molecule has 3 N–H and O–H groups in total. The molecule has 3 rings (SSSR count). The van der Waals surface area contributed by atoms with Crippen LogP contribution in [0, 0.1) is 0 Å². The van der Waals surface area contributed by atoms with E-state index in [9.17, 15) is 0 Å². The number of thiophene rings is 1. The number of fused-ring (bicyclic) bond motifs is 1. The summed E-state index contributed by atoms with van der Waals surface area (Å²) >= 11 is 1.75. The third-order valence-electron chi connectivity index (χ3n) is 3.46. The minimum absolute atomic E-state index is 0.100. The fourth-order valence-corrected chi connectivity index (χ4v) is 3.01. The molecule has 0 amide bonds. The molecule has 2 aromatic heterocycles. The molecule has 1 fully saturated rings. The van der Waals surface area contributed by atoms with Crippen LogP contribution in [-0.2, 0) is 0 Å². The lowest BCUT2D eigenvalue weighted by molar-refractivity contribution is 0.287. The van der Waals surface area contributed by atoms with Crippen molar-refractivity contribution in [1.82, 2.24) is 4.98 Å². The predicted molar refractivity (Wildman–Crippen MR) is 68.9 cm³/mol. The quantitative estimate of drug-likeness (QED) is 0.856. The van der Waals surface area contributed by atoms with Crippen LogP contribution in [0.5, 0.6) is 0 Å². The highest BCUT2D eigenvalue weighted by molar-refractivity contribution is 7.17. The Morgan fingerprint density at radius 2 is 2.31 bits per heavy atom. The third kappa shape index (κ3) is 1.49. The van der Waals surface area contributed by atoms with Crippen LogP contribution in [0.4, 0.5) is 5.82 Å². The minimum atomic E-state index is 0.100. The number of pyridine rings is 1. The van der Waals surface area contributed by atoms with E-state index in [4.69, 9.17) is 5.73 Å². The van der Waals surface area contributed by atoms with Gasteiger partial charge >= 0.3 is 0 Å². The zero-order valence-electron chi connectivity index (χ0n) is 9.07. The molecular formula is C12H15N3S. The number of aromatic nitrogens is 1. The van der Waals surface area contributed by atoms with Gasteiger partial charge in [0, 0.05) is 22.8 Å². The molecule has 0 saturated heterocycles. The molecule has 0 aliphatic heterocycles. The highest BCUT2D eigenvalue weighted by atomic mass is 32.1. The van der Waals surface area contributed by atoms with Gasteiger partial charge in [0.05, 0.1) is 5.54 Å². The van der Waals surface area contributed by atoms with Crippen molar-refractivity contribution >= 4 is 27.2 Å². The summed E-state index contributed by atoms with van der Waals surface area (Å²) < 4.78 is 1.28. The van der Waals surface area contributed by atoms with E-state index in [2.05, 4.69) is 27.8 Å². The molecular weight excluding hydrogens is 218 g/mol. The van der Waals surface area contributed by atoms with Crippen LogP contribution in [0.15, 0.2) is 23.7 Å². The summed E-state index contributed by atoms with van der Waals surface area (Å²) in [4.78, 5) is 4.43. The summed E-state index contributed by atoms with van der Waals surface area (Å²) in [5, 5.41) is 6.86. The van der Waals surface area contributed by atoms with Crippen LogP contribution in [0.25, 0.3) is 10.1 Å². The Morgan fingerprint density at radius 1 is 1.44 bits per heavy atom. The second kappa shape index (κ2) is 3.71. The number of nitrogens with two attached hydrogens (primary N) is 1. The van der Waals surface area contributed by atoms with E-state index in [-0.39, 0.29) is 5.54 Å². The van der Waals surface area contributed by atoms with Crippen molar-refractivity contribution in [2.75, 3.05) is 11.9 Å². The molecule has 0 bridgehead atoms. The van der Waals surface area contributed by atoms with Gasteiger partial charge in [-0.15, -0.1) is 11.3 Å². The van der Waals surface area contributed by atoms with E-state index in [0.717, 1.165) is 18.7 Å². The predicted octanol–water partition coefficient (Wildman–Crippen LogP) is 2.59. The maximum atomic E-state index is 5.85. The highest BCUT2D eigenvalue weighted by Gasteiger charge is 2.35. The van der Waals surface area contributed by atoms with E-state index < -0.39 is 0 Å². The smallest absolute Gasteiger partial charge is 0.135 e. The number of hydrogen-bond acceptors (Lipinski definition) is 4. The van der Waals surface area contributed by atoms with Crippen LogP contribution in [0.2, 0.25) is 0 Å². The number of nitrogens with one attached hydrogen (secondary N) is 1. The molecule has 0 radical (unpaired) electrons. The monoisotopic (exact) mass is 233 g/mol. The molecule has 0 atom stereocenters. The Bertz CT molecular complexity index is 496. The molecule has 2 heterocycles. The average Bonchev–Trinajstić information content (AvgIpc) is 2.72. The first kappa shape index (κ1) is 10.1. The van der Waals surface area contributed by atoms with E-state index in [1.807, 2.05) is 6.20 Å². The van der Waals surface area contributed by atoms with E-state index in [1.165, 1.54) is 16.5 Å². The van der Waals surface area contributed by atoms with Crippen molar-refractivity contribution in [3.05, 3.63) is 23.7 Å². The molecule has 0 aromatic carbocycles. The second-order valence-electron chi connectivity index (χ2n) is 4.45. The Balaban J connectivity index is 1.96. The van der Waals surface area contributed by atoms with Gasteiger partial charge in [0.2, 0.25) is 0 Å². The molecule has 2 aromatic rings. The molecule has 0 unspecified atom stereocenters. The minimum Gasteiger partial charge on any atom is -0.363 e. The molecule has 4 heteroatoms. The first-order chi connectivity index (χ1) is 7.83. The van der Waals surface area contributed by atoms with Crippen LogP contribution in [0.1, 0.15) is 19.3 Å². The second-order valence-corrected chi connectivity index (χ2v) is 5.40. The van der Waals surface area contributed by atoms with Gasteiger partial charge in [0.15, 0.2) is 0 Å². The van der Waals surface area contributed by atoms with Crippen molar-refractivity contribution in [2.24, 2.45) is 5.73 Å². The molecule has 16 heavy (non-hydrogen) atoms. The van der Waals surface area contributed by atoms with Crippen molar-refractivity contribution in [3.8, 4) is 0 Å². The first-order valence-electron chi connectivity index (χ1n) is 5.63. The molecule has 1 saturated carbocycles. The maximum Gasteiger partial charge on any atom is 0.135 e. The fraction of sp³-hybridized carbons (Fsp3) is 0.417. The molecule has 1 aliphatic rings. The van der Waals surface area contributed by atoms with Gasteiger partial charge < -0.3 is 11.1 Å². The lowest BCUT2D eigenvalue weighted by Gasteiger charge is -2.42. The van der Waals surface area contributed by atoms with Gasteiger partial charge in [-0.05, 0) is 36.8 Å². The Morgan fingerprint density at radius 3 is 3.00 bits per heavy atom. The largest absolute Gasteiger partial charge is 0.363 e. The van der Waals surface area contributed by atoms with E-state index >= 15 is 0 Å². The van der Waals surface area contributed by atoms with Gasteiger partial charge in [0.25, 0.3) is 0 Å². The Labute approximate surface area is 98.7 Å². The number of hydrogen-bond donors (Lipinski definition) is 2. The van der Waals surface area contributed by atoms with Crippen LogP contribution in [-0.4, -0.2) is 17.1 Å². The van der Waals surface area contributed by atoms with Crippen molar-refractivity contribution in [1.29, 1.82) is 0 Å². The summed E-state index contributed by atoms with van der Waals surface area (Å²) in [7, 11) is 0. The van der Waals surface area contributed by atoms with Gasteiger partial charge in [0.1, 0.15) is 5.82 Å². The molecule has 0 spiro atoms. The number of nitrogens with zero attached hydrogens (tertiary/aromatic N) is 1. The van der Waals surface area contributed by atoms with Crippen molar-refractivity contribution < 1.29 is 0 Å². The van der Waals surface area contributed by atoms with Gasteiger partial charge in [-0.2, -0.15) is 0 Å². The standard InChI is InChI=1S/C12H15N3S/c13-8-12(4-1-5-12)15-11-9-3-7-16-10(9)2-6-14-11/h2-3,6-7H,1,4-5,8,13H2,(H,14,15). The van der Waals surface area contributed by atoms with Crippen LogP contribution in [0.3, 0.4) is 0 Å². The Kier molecular flexibility index (Phi) is 2.33. The van der Waals surface area contributed by atoms with Gasteiger partial charge in [-0.3, -0.25) is 0 Å². The topological polar surface area (TPSA) is 50.9 Å². The zero-order chi connectivity index (χ0) is 11.0. The van der Waals surface area contributed by atoms with E-state index in [1.54, 1.807) is 11.3 Å². The molecule has 84 valence electrons. The summed E-state index contributed by atoms with van der Waals surface area (Å²) in [5.74, 6) is 0.990. The third-order valence-corrected chi connectivity index (χ3v) is 4.35. The van der Waals surface area contributed by atoms with Crippen molar-refractivity contribution in [3.63, 3.8) is 0 Å². The van der Waals surface area contributed by atoms with Crippen LogP contribution >= 0.6 is 11.3 Å². The summed E-state index contributed by atoms with van der Waals surface area (Å²) in [6, 6.07) is 4.18. The SMILES string of the molecule is NCC1(Nc2nccc3sccc23)CCC1. The summed E-state index contributed by atoms with van der Waals surface area (Å²) in [6.07, 6.45) is 5.45. The van der Waals surface area contributed by atoms with E-state index in [0.29, 0.717) is 6.54 Å². The lowest BCUT2D eigenvalue weighted by Crippen LogP contribution is -2.51. The fourth-order valence-electron chi connectivity index (χ4n) is 2.23. The molecule has 3 nitrogen and oxygen atoms in total. The number of anilines is 1. The lowest BCUT2D eigenvalue weighted by atomic mass is 9.77. The average molecular weight is 233 g/mol. The summed E-state index contributed by atoms with van der Waals surface area (Å²) in [6.45, 7) is 0.690. The Hall–Kier alpha value is -1.13. The van der Waals surface area contributed by atoms with Gasteiger partial charge in [-0.1, -0.05) is 0 Å². The highest BCUT2D eigenvalue weighted by Crippen LogP contribution is 2.36.